The summed E-state index contributed by atoms with van der Waals surface area (Å²) >= 11 is 1.71. The van der Waals surface area contributed by atoms with Crippen LogP contribution in [0.15, 0.2) is 29.2 Å². The Balaban J connectivity index is 1.43. The Kier molecular flexibility index (Phi) is 4.76. The van der Waals surface area contributed by atoms with Gasteiger partial charge in [0.05, 0.1) is 11.9 Å². The van der Waals surface area contributed by atoms with Crippen molar-refractivity contribution < 1.29 is 23.5 Å². The molecule has 2 aromatic rings. The summed E-state index contributed by atoms with van der Waals surface area (Å²) in [5, 5.41) is 13.3. The van der Waals surface area contributed by atoms with Crippen molar-refractivity contribution in [3.63, 3.8) is 0 Å². The number of rotatable bonds is 3. The molecule has 3 heterocycles. The van der Waals surface area contributed by atoms with Gasteiger partial charge in [-0.3, -0.25) is 14.4 Å². The van der Waals surface area contributed by atoms with Gasteiger partial charge < -0.3 is 19.9 Å². The van der Waals surface area contributed by atoms with Crippen LogP contribution in [0, 0.1) is 11.6 Å². The normalized spacial score (nSPS) is 24.0. The van der Waals surface area contributed by atoms with Gasteiger partial charge in [0.25, 0.3) is 11.8 Å². The Labute approximate surface area is 180 Å². The third kappa shape index (κ3) is 3.29. The predicted molar refractivity (Wildman–Crippen MR) is 109 cm³/mol. The number of fused-ring (bicyclic) bond motifs is 5. The number of pyridine rings is 1. The smallest absolute Gasteiger partial charge is 0.275 e. The van der Waals surface area contributed by atoms with Crippen LogP contribution in [-0.4, -0.2) is 43.1 Å². The molecule has 2 amide bonds. The molecule has 1 aromatic heterocycles. The molecule has 0 spiro atoms. The van der Waals surface area contributed by atoms with E-state index in [0.29, 0.717) is 17.9 Å². The molecule has 1 saturated carbocycles. The van der Waals surface area contributed by atoms with E-state index >= 15 is 0 Å². The monoisotopic (exact) mass is 447 g/mol. The van der Waals surface area contributed by atoms with Gasteiger partial charge in [-0.15, -0.1) is 11.8 Å². The van der Waals surface area contributed by atoms with Gasteiger partial charge in [-0.1, -0.05) is 6.07 Å². The number of aromatic nitrogens is 1. The lowest BCUT2D eigenvalue weighted by Crippen LogP contribution is -2.54. The molecule has 1 unspecified atom stereocenters. The van der Waals surface area contributed by atoms with E-state index in [1.165, 1.54) is 16.8 Å². The van der Waals surface area contributed by atoms with Gasteiger partial charge >= 0.3 is 0 Å². The molecule has 7 nitrogen and oxygen atoms in total. The van der Waals surface area contributed by atoms with Gasteiger partial charge in [0.2, 0.25) is 5.43 Å². The molecule has 1 saturated heterocycles. The first-order valence-corrected chi connectivity index (χ1v) is 10.9. The average Bonchev–Trinajstić information content (AvgIpc) is 3.10. The van der Waals surface area contributed by atoms with E-state index in [1.54, 1.807) is 16.7 Å². The van der Waals surface area contributed by atoms with Crippen LogP contribution in [0.2, 0.25) is 0 Å². The summed E-state index contributed by atoms with van der Waals surface area (Å²) in [7, 11) is 0. The second-order valence-corrected chi connectivity index (χ2v) is 9.51. The topological polar surface area (TPSA) is 91.6 Å². The summed E-state index contributed by atoms with van der Waals surface area (Å²) in [6, 6.07) is 3.08. The number of nitrogens with zero attached hydrogens (tertiary/aromatic N) is 2. The molecule has 2 bridgehead atoms. The summed E-state index contributed by atoms with van der Waals surface area (Å²) in [6.45, 7) is 0.0981. The molecule has 2 aliphatic heterocycles. The van der Waals surface area contributed by atoms with E-state index in [2.05, 4.69) is 5.32 Å². The first kappa shape index (κ1) is 20.0. The Morgan fingerprint density at radius 2 is 2.06 bits per heavy atom. The van der Waals surface area contributed by atoms with Gasteiger partial charge in [-0.2, -0.15) is 0 Å². The molecule has 3 aliphatic rings. The number of hydrogen-bond donors (Lipinski definition) is 2. The minimum atomic E-state index is -0.955. The number of benzene rings is 1. The van der Waals surface area contributed by atoms with Crippen molar-refractivity contribution in [1.29, 1.82) is 0 Å². The molecule has 2 N–H and O–H groups in total. The highest BCUT2D eigenvalue weighted by molar-refractivity contribution is 8.00. The average molecular weight is 447 g/mol. The van der Waals surface area contributed by atoms with Crippen LogP contribution in [0.25, 0.3) is 0 Å². The zero-order valence-corrected chi connectivity index (χ0v) is 17.1. The zero-order chi connectivity index (χ0) is 21.9. The van der Waals surface area contributed by atoms with E-state index in [4.69, 9.17) is 0 Å². The zero-order valence-electron chi connectivity index (χ0n) is 16.3. The van der Waals surface area contributed by atoms with Crippen molar-refractivity contribution in [3.8, 4) is 5.75 Å². The first-order chi connectivity index (χ1) is 14.8. The van der Waals surface area contributed by atoms with E-state index in [0.717, 1.165) is 25.3 Å². The van der Waals surface area contributed by atoms with Crippen molar-refractivity contribution in [2.45, 2.75) is 49.0 Å². The number of carbonyl (C=O) groups excluding carboxylic acids is 2. The molecular formula is C21H19F2N3O4S. The fraction of sp³-hybridized carbons (Fsp3) is 0.381. The van der Waals surface area contributed by atoms with E-state index in [1.807, 2.05) is 0 Å². The summed E-state index contributed by atoms with van der Waals surface area (Å²) in [6.07, 6.45) is 4.13. The molecule has 3 atom stereocenters. The van der Waals surface area contributed by atoms with Gasteiger partial charge in [0.1, 0.15) is 17.2 Å². The number of hydrogen-bond acceptors (Lipinski definition) is 5. The molecule has 31 heavy (non-hydrogen) atoms. The maximum atomic E-state index is 13.8. The summed E-state index contributed by atoms with van der Waals surface area (Å²) in [4.78, 5) is 40.1. The lowest BCUT2D eigenvalue weighted by atomic mass is 10.1. The maximum absolute atomic E-state index is 13.8. The van der Waals surface area contributed by atoms with E-state index in [-0.39, 0.29) is 34.8 Å². The van der Waals surface area contributed by atoms with Crippen LogP contribution in [0.1, 0.15) is 45.7 Å². The van der Waals surface area contributed by atoms with Crippen molar-refractivity contribution in [2.75, 3.05) is 0 Å². The number of halogens is 2. The van der Waals surface area contributed by atoms with Crippen LogP contribution in [-0.2, 0) is 13.1 Å². The highest BCUT2D eigenvalue weighted by Crippen LogP contribution is 2.46. The predicted octanol–water partition coefficient (Wildman–Crippen LogP) is 2.21. The molecular weight excluding hydrogens is 428 g/mol. The largest absolute Gasteiger partial charge is 0.503 e. The molecule has 1 aliphatic carbocycles. The fourth-order valence-corrected chi connectivity index (χ4v) is 6.35. The highest BCUT2D eigenvalue weighted by Gasteiger charge is 2.47. The summed E-state index contributed by atoms with van der Waals surface area (Å²) < 4.78 is 28.3. The SMILES string of the molecule is O=C(NCc1ccc(F)cc1F)c1cn2c(c(O)c1=O)C(=O)N1C(C2)S[C@@H]2CC[C@H]1C2. The standard InChI is InChI=1S/C21H19F2N3O4S/c22-11-2-1-10(15(23)5-11)7-24-20(29)14-8-25-9-16-26(12-3-4-13(6-12)31-16)21(30)17(25)19(28)18(14)27/h1-2,5,8,12-13,16,28H,3-4,6-7,9H2,(H,24,29)/t12-,13+,16?/m0/s1. The third-order valence-corrected chi connectivity index (χ3v) is 7.66. The fourth-order valence-electron chi connectivity index (χ4n) is 4.65. The van der Waals surface area contributed by atoms with Crippen LogP contribution in [0.4, 0.5) is 8.78 Å². The Morgan fingerprint density at radius 1 is 1.26 bits per heavy atom. The first-order valence-electron chi connectivity index (χ1n) is 10.00. The minimum Gasteiger partial charge on any atom is -0.503 e. The number of nitrogens with one attached hydrogen (secondary N) is 1. The second-order valence-electron chi connectivity index (χ2n) is 8.03. The van der Waals surface area contributed by atoms with Crippen molar-refractivity contribution >= 4 is 23.6 Å². The lowest BCUT2D eigenvalue weighted by Gasteiger charge is -2.44. The Bertz CT molecular complexity index is 1170. The second kappa shape index (κ2) is 7.37. The minimum absolute atomic E-state index is 0.0527. The number of aromatic hydroxyl groups is 1. The van der Waals surface area contributed by atoms with Crippen molar-refractivity contribution in [2.24, 2.45) is 0 Å². The van der Waals surface area contributed by atoms with Gasteiger partial charge in [0.15, 0.2) is 11.4 Å². The van der Waals surface area contributed by atoms with Crippen LogP contribution in [0.3, 0.4) is 0 Å². The van der Waals surface area contributed by atoms with Crippen LogP contribution in [0.5, 0.6) is 5.75 Å². The molecule has 0 radical (unpaired) electrons. The lowest BCUT2D eigenvalue weighted by molar-refractivity contribution is 0.0568. The van der Waals surface area contributed by atoms with E-state index in [9.17, 15) is 28.3 Å². The molecule has 10 heteroatoms. The number of amides is 2. The van der Waals surface area contributed by atoms with E-state index < -0.39 is 34.6 Å². The number of carbonyl (C=O) groups is 2. The quantitative estimate of drug-likeness (QED) is 0.753. The molecule has 162 valence electrons. The molecule has 5 rings (SSSR count). The molecule has 1 aromatic carbocycles. The number of thioether (sulfide) groups is 1. The Hall–Kier alpha value is -2.88. The summed E-state index contributed by atoms with van der Waals surface area (Å²) in [5.74, 6) is -3.53. The maximum Gasteiger partial charge on any atom is 0.275 e. The molecule has 2 fully saturated rings. The summed E-state index contributed by atoms with van der Waals surface area (Å²) in [5.41, 5.74) is -1.34. The van der Waals surface area contributed by atoms with Gasteiger partial charge in [-0.05, 0) is 25.3 Å². The van der Waals surface area contributed by atoms with Crippen molar-refractivity contribution in [3.05, 3.63) is 63.1 Å². The van der Waals surface area contributed by atoms with Crippen molar-refractivity contribution in [1.82, 2.24) is 14.8 Å². The van der Waals surface area contributed by atoms with Crippen LogP contribution >= 0.6 is 11.8 Å². The van der Waals surface area contributed by atoms with Crippen LogP contribution < -0.4 is 10.7 Å². The third-order valence-electron chi connectivity index (χ3n) is 6.16. The van der Waals surface area contributed by atoms with Gasteiger partial charge in [0, 0.05) is 35.7 Å². The highest BCUT2D eigenvalue weighted by atomic mass is 32.2. The Morgan fingerprint density at radius 3 is 2.84 bits per heavy atom. The van der Waals surface area contributed by atoms with Gasteiger partial charge in [-0.25, -0.2) is 8.78 Å².